The lowest BCUT2D eigenvalue weighted by Crippen LogP contribution is -2.13. The molecule has 1 heterocycles. The van der Waals surface area contributed by atoms with Crippen molar-refractivity contribution in [2.24, 2.45) is 5.73 Å². The zero-order chi connectivity index (χ0) is 14.5. The molecule has 0 aliphatic heterocycles. The molecule has 0 aliphatic rings. The Bertz CT molecular complexity index is 586. The summed E-state index contributed by atoms with van der Waals surface area (Å²) in [4.78, 5) is 10.2. The molecule has 0 amide bonds. The zero-order valence-corrected chi connectivity index (χ0v) is 11.6. The molecule has 0 unspecified atom stereocenters. The Labute approximate surface area is 117 Å². The molecule has 0 fully saturated rings. The third-order valence-corrected chi connectivity index (χ3v) is 2.86. The highest BCUT2D eigenvalue weighted by Crippen LogP contribution is 2.13. The van der Waals surface area contributed by atoms with Crippen LogP contribution < -0.4 is 16.0 Å². The Kier molecular flexibility index (Phi) is 4.47. The van der Waals surface area contributed by atoms with Gasteiger partial charge in [-0.05, 0) is 17.7 Å². The van der Waals surface area contributed by atoms with Crippen molar-refractivity contribution in [3.63, 3.8) is 0 Å². The maximum Gasteiger partial charge on any atom is 0.226 e. The van der Waals surface area contributed by atoms with Gasteiger partial charge in [-0.1, -0.05) is 12.1 Å². The van der Waals surface area contributed by atoms with Crippen molar-refractivity contribution in [3.8, 4) is 0 Å². The van der Waals surface area contributed by atoms with Crippen LogP contribution >= 0.6 is 0 Å². The van der Waals surface area contributed by atoms with Crippen LogP contribution in [0.1, 0.15) is 11.1 Å². The van der Waals surface area contributed by atoms with Crippen molar-refractivity contribution in [1.82, 2.24) is 9.97 Å². The van der Waals surface area contributed by atoms with Crippen LogP contribution in [0.15, 0.2) is 30.5 Å². The Morgan fingerprint density at radius 3 is 2.75 bits per heavy atom. The lowest BCUT2D eigenvalue weighted by Gasteiger charge is -2.12. The minimum atomic E-state index is -0.262. The van der Waals surface area contributed by atoms with Gasteiger partial charge >= 0.3 is 0 Å². The number of benzene rings is 1. The second-order valence-corrected chi connectivity index (χ2v) is 4.62. The van der Waals surface area contributed by atoms with Gasteiger partial charge < -0.3 is 16.0 Å². The summed E-state index contributed by atoms with van der Waals surface area (Å²) < 4.78 is 13.8. The highest BCUT2D eigenvalue weighted by atomic mass is 19.1. The fourth-order valence-corrected chi connectivity index (χ4v) is 1.71. The van der Waals surface area contributed by atoms with Crippen LogP contribution in [-0.4, -0.2) is 24.1 Å². The predicted molar refractivity (Wildman–Crippen MR) is 78.0 cm³/mol. The van der Waals surface area contributed by atoms with Gasteiger partial charge in [-0.2, -0.15) is 4.98 Å². The lowest BCUT2D eigenvalue weighted by atomic mass is 10.1. The summed E-state index contributed by atoms with van der Waals surface area (Å²) in [6.07, 6.45) is 1.67. The first-order valence-corrected chi connectivity index (χ1v) is 6.31. The van der Waals surface area contributed by atoms with Gasteiger partial charge in [-0.25, -0.2) is 9.37 Å². The van der Waals surface area contributed by atoms with Crippen molar-refractivity contribution < 1.29 is 4.39 Å². The molecule has 0 bridgehead atoms. The topological polar surface area (TPSA) is 67.1 Å². The normalized spacial score (nSPS) is 10.4. The summed E-state index contributed by atoms with van der Waals surface area (Å²) in [6, 6.07) is 6.77. The van der Waals surface area contributed by atoms with Crippen LogP contribution in [0.2, 0.25) is 0 Å². The van der Waals surface area contributed by atoms with E-state index in [1.165, 1.54) is 6.07 Å². The smallest absolute Gasteiger partial charge is 0.226 e. The minimum absolute atomic E-state index is 0.262. The molecule has 1 aromatic carbocycles. The van der Waals surface area contributed by atoms with E-state index in [0.717, 1.165) is 5.56 Å². The van der Waals surface area contributed by atoms with Gasteiger partial charge in [0.2, 0.25) is 5.95 Å². The van der Waals surface area contributed by atoms with Crippen LogP contribution in [0.25, 0.3) is 0 Å². The fraction of sp³-hybridized carbons (Fsp3) is 0.286. The Morgan fingerprint density at radius 1 is 1.30 bits per heavy atom. The van der Waals surface area contributed by atoms with Crippen LogP contribution in [0, 0.1) is 5.82 Å². The quantitative estimate of drug-likeness (QED) is 0.870. The van der Waals surface area contributed by atoms with Crippen molar-refractivity contribution in [3.05, 3.63) is 47.4 Å². The first-order chi connectivity index (χ1) is 9.60. The third-order valence-electron chi connectivity index (χ3n) is 2.86. The van der Waals surface area contributed by atoms with Gasteiger partial charge in [-0.3, -0.25) is 0 Å². The van der Waals surface area contributed by atoms with Gasteiger partial charge in [0, 0.05) is 38.9 Å². The standard InChI is InChI=1S/C14H18FN5/c1-20(2)14-17-6-5-13(19-14)18-9-11-4-3-10(8-16)7-12(11)15/h3-7H,8-9,16H2,1-2H3,(H,17,18,19). The lowest BCUT2D eigenvalue weighted by molar-refractivity contribution is 0.610. The van der Waals surface area contributed by atoms with Gasteiger partial charge in [0.05, 0.1) is 0 Å². The number of nitrogens with one attached hydrogen (secondary N) is 1. The largest absolute Gasteiger partial charge is 0.366 e. The van der Waals surface area contributed by atoms with E-state index in [9.17, 15) is 4.39 Å². The van der Waals surface area contributed by atoms with Crippen molar-refractivity contribution in [2.75, 3.05) is 24.3 Å². The summed E-state index contributed by atoms with van der Waals surface area (Å²) in [6.45, 7) is 0.698. The molecule has 0 saturated carbocycles. The zero-order valence-electron chi connectivity index (χ0n) is 11.6. The molecule has 0 atom stereocenters. The monoisotopic (exact) mass is 275 g/mol. The second-order valence-electron chi connectivity index (χ2n) is 4.62. The molecular formula is C14H18FN5. The van der Waals surface area contributed by atoms with Crippen molar-refractivity contribution in [1.29, 1.82) is 0 Å². The molecule has 6 heteroatoms. The highest BCUT2D eigenvalue weighted by Gasteiger charge is 2.05. The van der Waals surface area contributed by atoms with Gasteiger partial charge in [-0.15, -0.1) is 0 Å². The molecule has 0 saturated heterocycles. The van der Waals surface area contributed by atoms with E-state index in [1.54, 1.807) is 18.3 Å². The number of anilines is 2. The Balaban J connectivity index is 2.07. The molecule has 0 radical (unpaired) electrons. The molecule has 106 valence electrons. The number of nitrogens with two attached hydrogens (primary N) is 1. The van der Waals surface area contributed by atoms with Gasteiger partial charge in [0.1, 0.15) is 11.6 Å². The van der Waals surface area contributed by atoms with Crippen molar-refractivity contribution in [2.45, 2.75) is 13.1 Å². The molecule has 5 nitrogen and oxygen atoms in total. The average Bonchev–Trinajstić information content (AvgIpc) is 2.46. The fourth-order valence-electron chi connectivity index (χ4n) is 1.71. The van der Waals surface area contributed by atoms with Crippen LogP contribution in [0.5, 0.6) is 0 Å². The van der Waals surface area contributed by atoms with E-state index in [1.807, 2.05) is 25.1 Å². The Morgan fingerprint density at radius 2 is 2.10 bits per heavy atom. The SMILES string of the molecule is CN(C)c1nccc(NCc2ccc(CN)cc2F)n1. The number of halogens is 1. The van der Waals surface area contributed by atoms with Crippen LogP contribution in [0.3, 0.4) is 0 Å². The number of hydrogen-bond donors (Lipinski definition) is 2. The van der Waals surface area contributed by atoms with E-state index in [4.69, 9.17) is 5.73 Å². The molecule has 20 heavy (non-hydrogen) atoms. The summed E-state index contributed by atoms with van der Waals surface area (Å²) in [5.74, 6) is 1.00. The van der Waals surface area contributed by atoms with Crippen LogP contribution in [-0.2, 0) is 13.1 Å². The minimum Gasteiger partial charge on any atom is -0.366 e. The number of aromatic nitrogens is 2. The predicted octanol–water partition coefficient (Wildman–Crippen LogP) is 1.75. The summed E-state index contributed by atoms with van der Waals surface area (Å²) in [5.41, 5.74) is 6.83. The first kappa shape index (κ1) is 14.2. The molecular weight excluding hydrogens is 257 g/mol. The van der Waals surface area contributed by atoms with Gasteiger partial charge in [0.15, 0.2) is 0 Å². The molecule has 2 rings (SSSR count). The second kappa shape index (κ2) is 6.29. The maximum absolute atomic E-state index is 13.8. The molecule has 0 spiro atoms. The number of rotatable bonds is 5. The van der Waals surface area contributed by atoms with E-state index >= 15 is 0 Å². The number of nitrogens with zero attached hydrogens (tertiary/aromatic N) is 3. The van der Waals surface area contributed by atoms with Gasteiger partial charge in [0.25, 0.3) is 0 Å². The molecule has 1 aromatic heterocycles. The third kappa shape index (κ3) is 3.42. The molecule has 0 aliphatic carbocycles. The number of hydrogen-bond acceptors (Lipinski definition) is 5. The highest BCUT2D eigenvalue weighted by molar-refractivity contribution is 5.41. The summed E-state index contributed by atoms with van der Waals surface area (Å²) >= 11 is 0. The summed E-state index contributed by atoms with van der Waals surface area (Å²) in [5, 5.41) is 3.09. The van der Waals surface area contributed by atoms with E-state index in [2.05, 4.69) is 15.3 Å². The molecule has 2 aromatic rings. The first-order valence-electron chi connectivity index (χ1n) is 6.31. The van der Waals surface area contributed by atoms with E-state index in [-0.39, 0.29) is 5.82 Å². The maximum atomic E-state index is 13.8. The van der Waals surface area contributed by atoms with Crippen LogP contribution in [0.4, 0.5) is 16.2 Å². The van der Waals surface area contributed by atoms with Crippen molar-refractivity contribution >= 4 is 11.8 Å². The molecule has 3 N–H and O–H groups in total. The summed E-state index contributed by atoms with van der Waals surface area (Å²) in [7, 11) is 3.73. The van der Waals surface area contributed by atoms with E-state index < -0.39 is 0 Å². The average molecular weight is 275 g/mol. The van der Waals surface area contributed by atoms with E-state index in [0.29, 0.717) is 30.4 Å². The Hall–Kier alpha value is -2.21.